The lowest BCUT2D eigenvalue weighted by Crippen LogP contribution is -2.35. The number of rotatable bonds is 3. The van der Waals surface area contributed by atoms with E-state index in [1.807, 2.05) is 0 Å². The summed E-state index contributed by atoms with van der Waals surface area (Å²) < 4.78 is 12.4. The zero-order valence-corrected chi connectivity index (χ0v) is 7.70. The molecule has 1 rings (SSSR count). The third kappa shape index (κ3) is 2.77. The van der Waals surface area contributed by atoms with E-state index in [9.17, 15) is 9.18 Å². The molecule has 0 aliphatic heterocycles. The smallest absolute Gasteiger partial charge is 0.253 e. The fourth-order valence-corrected chi connectivity index (χ4v) is 0.863. The summed E-state index contributed by atoms with van der Waals surface area (Å²) in [6, 6.07) is 2.12. The van der Waals surface area contributed by atoms with E-state index in [4.69, 9.17) is 5.11 Å². The van der Waals surface area contributed by atoms with Crippen molar-refractivity contribution in [3.8, 4) is 0 Å². The van der Waals surface area contributed by atoms with Crippen molar-refractivity contribution in [1.29, 1.82) is 0 Å². The Labute approximate surface area is 80.8 Å². The maximum atomic E-state index is 12.4. The molecule has 0 aliphatic carbocycles. The van der Waals surface area contributed by atoms with Crippen LogP contribution in [0.5, 0.6) is 0 Å². The molecule has 1 heterocycles. The van der Waals surface area contributed by atoms with Crippen LogP contribution in [0.25, 0.3) is 0 Å². The zero-order chi connectivity index (χ0) is 10.6. The number of aliphatic hydroxyl groups is 1. The summed E-state index contributed by atoms with van der Waals surface area (Å²) in [7, 11) is 0. The molecule has 0 spiro atoms. The van der Waals surface area contributed by atoms with Crippen molar-refractivity contribution in [2.24, 2.45) is 0 Å². The molecule has 1 atom stereocenters. The van der Waals surface area contributed by atoms with Crippen LogP contribution in [0.1, 0.15) is 17.3 Å². The third-order valence-electron chi connectivity index (χ3n) is 1.64. The number of hydrogen-bond donors (Lipinski definition) is 2. The second-order valence-electron chi connectivity index (χ2n) is 2.93. The Hall–Kier alpha value is -1.49. The predicted molar refractivity (Wildman–Crippen MR) is 48.2 cm³/mol. The van der Waals surface area contributed by atoms with Crippen LogP contribution in [0, 0.1) is 5.95 Å². The Bertz CT molecular complexity index is 313. The fraction of sp³-hybridized carbons (Fsp3) is 0.333. The van der Waals surface area contributed by atoms with Crippen LogP contribution < -0.4 is 5.32 Å². The number of nitrogens with zero attached hydrogens (tertiary/aromatic N) is 1. The largest absolute Gasteiger partial charge is 0.394 e. The molecule has 0 saturated heterocycles. The second kappa shape index (κ2) is 4.66. The minimum Gasteiger partial charge on any atom is -0.394 e. The molecule has 1 aromatic rings. The van der Waals surface area contributed by atoms with Gasteiger partial charge in [-0.3, -0.25) is 4.79 Å². The predicted octanol–water partition coefficient (Wildman–Crippen LogP) is 0.331. The Morgan fingerprint density at radius 3 is 2.93 bits per heavy atom. The average Bonchev–Trinajstić information content (AvgIpc) is 2.18. The fourth-order valence-electron chi connectivity index (χ4n) is 0.863. The lowest BCUT2D eigenvalue weighted by Gasteiger charge is -2.09. The number of aromatic nitrogens is 1. The van der Waals surface area contributed by atoms with Gasteiger partial charge in [0.05, 0.1) is 12.2 Å². The summed E-state index contributed by atoms with van der Waals surface area (Å²) >= 11 is 0. The van der Waals surface area contributed by atoms with Gasteiger partial charge in [0.15, 0.2) is 0 Å². The molecule has 0 bridgehead atoms. The van der Waals surface area contributed by atoms with Crippen LogP contribution in [0.3, 0.4) is 0 Å². The number of carbonyl (C=O) groups excluding carboxylic acids is 1. The molecule has 5 heteroatoms. The van der Waals surface area contributed by atoms with E-state index in [1.165, 1.54) is 6.07 Å². The number of carbonyl (C=O) groups is 1. The van der Waals surface area contributed by atoms with Gasteiger partial charge in [-0.2, -0.15) is 4.39 Å². The molecule has 1 amide bonds. The van der Waals surface area contributed by atoms with Gasteiger partial charge in [-0.15, -0.1) is 0 Å². The molecule has 0 aliphatic rings. The van der Waals surface area contributed by atoms with Gasteiger partial charge in [-0.05, 0) is 19.1 Å². The van der Waals surface area contributed by atoms with Crippen LogP contribution in [-0.2, 0) is 0 Å². The topological polar surface area (TPSA) is 62.2 Å². The summed E-state index contributed by atoms with van der Waals surface area (Å²) in [6.45, 7) is 1.52. The summed E-state index contributed by atoms with van der Waals surface area (Å²) in [6.07, 6.45) is 1.15. The van der Waals surface area contributed by atoms with Crippen molar-refractivity contribution in [1.82, 2.24) is 10.3 Å². The molecular formula is C9H11FN2O2. The van der Waals surface area contributed by atoms with E-state index in [2.05, 4.69) is 10.3 Å². The summed E-state index contributed by atoms with van der Waals surface area (Å²) in [5.74, 6) is -1.00. The molecule has 0 radical (unpaired) electrons. The highest BCUT2D eigenvalue weighted by molar-refractivity contribution is 5.93. The number of pyridine rings is 1. The standard InChI is InChI=1S/C9H11FN2O2/c1-6(5-13)12-9(14)7-2-3-8(10)11-4-7/h2-4,6,13H,5H2,1H3,(H,12,14)/t6-/m1/s1. The van der Waals surface area contributed by atoms with Crippen molar-refractivity contribution in [2.75, 3.05) is 6.61 Å². The molecule has 76 valence electrons. The number of amides is 1. The molecule has 0 saturated carbocycles. The first-order valence-corrected chi connectivity index (χ1v) is 4.16. The SMILES string of the molecule is C[C@H](CO)NC(=O)c1ccc(F)nc1. The zero-order valence-electron chi connectivity index (χ0n) is 7.70. The van der Waals surface area contributed by atoms with Crippen molar-refractivity contribution < 1.29 is 14.3 Å². The lowest BCUT2D eigenvalue weighted by molar-refractivity contribution is 0.0922. The van der Waals surface area contributed by atoms with E-state index in [0.29, 0.717) is 0 Å². The molecule has 0 fully saturated rings. The normalized spacial score (nSPS) is 12.2. The average molecular weight is 198 g/mol. The molecule has 2 N–H and O–H groups in total. The molecule has 0 aromatic carbocycles. The maximum absolute atomic E-state index is 12.4. The van der Waals surface area contributed by atoms with Crippen LogP contribution in [0.2, 0.25) is 0 Å². The Morgan fingerprint density at radius 2 is 2.43 bits per heavy atom. The molecule has 1 aromatic heterocycles. The number of halogens is 1. The minimum atomic E-state index is -0.628. The summed E-state index contributed by atoms with van der Waals surface area (Å²) in [5.41, 5.74) is 0.270. The van der Waals surface area contributed by atoms with Gasteiger partial charge >= 0.3 is 0 Å². The van der Waals surface area contributed by atoms with Gasteiger partial charge in [0, 0.05) is 12.2 Å². The highest BCUT2D eigenvalue weighted by atomic mass is 19.1. The summed E-state index contributed by atoms with van der Waals surface area (Å²) in [5, 5.41) is 11.2. The Morgan fingerprint density at radius 1 is 1.71 bits per heavy atom. The highest BCUT2D eigenvalue weighted by Gasteiger charge is 2.08. The Kier molecular flexibility index (Phi) is 3.53. The first-order chi connectivity index (χ1) is 6.63. The van der Waals surface area contributed by atoms with Gasteiger partial charge in [0.25, 0.3) is 5.91 Å². The molecule has 14 heavy (non-hydrogen) atoms. The quantitative estimate of drug-likeness (QED) is 0.688. The summed E-state index contributed by atoms with van der Waals surface area (Å²) in [4.78, 5) is 14.7. The van der Waals surface area contributed by atoms with Crippen molar-refractivity contribution in [2.45, 2.75) is 13.0 Å². The molecular weight excluding hydrogens is 187 g/mol. The van der Waals surface area contributed by atoms with E-state index >= 15 is 0 Å². The van der Waals surface area contributed by atoms with Gasteiger partial charge < -0.3 is 10.4 Å². The van der Waals surface area contributed by atoms with Crippen LogP contribution in [-0.4, -0.2) is 28.6 Å². The third-order valence-corrected chi connectivity index (χ3v) is 1.64. The number of nitrogens with one attached hydrogen (secondary N) is 1. The van der Waals surface area contributed by atoms with E-state index in [-0.39, 0.29) is 24.1 Å². The number of hydrogen-bond acceptors (Lipinski definition) is 3. The van der Waals surface area contributed by atoms with Crippen LogP contribution in [0.4, 0.5) is 4.39 Å². The van der Waals surface area contributed by atoms with Crippen molar-refractivity contribution in [3.05, 3.63) is 29.8 Å². The highest BCUT2D eigenvalue weighted by Crippen LogP contribution is 1.99. The Balaban J connectivity index is 2.65. The number of aliphatic hydroxyl groups excluding tert-OH is 1. The van der Waals surface area contributed by atoms with E-state index in [0.717, 1.165) is 12.3 Å². The minimum absolute atomic E-state index is 0.139. The maximum Gasteiger partial charge on any atom is 0.253 e. The van der Waals surface area contributed by atoms with Gasteiger partial charge in [-0.1, -0.05) is 0 Å². The lowest BCUT2D eigenvalue weighted by atomic mass is 10.2. The van der Waals surface area contributed by atoms with E-state index in [1.54, 1.807) is 6.92 Å². The van der Waals surface area contributed by atoms with Crippen LogP contribution >= 0.6 is 0 Å². The van der Waals surface area contributed by atoms with E-state index < -0.39 is 5.95 Å². The molecule has 0 unspecified atom stereocenters. The van der Waals surface area contributed by atoms with Crippen molar-refractivity contribution in [3.63, 3.8) is 0 Å². The van der Waals surface area contributed by atoms with Gasteiger partial charge in [0.1, 0.15) is 0 Å². The monoisotopic (exact) mass is 198 g/mol. The van der Waals surface area contributed by atoms with Gasteiger partial charge in [0.2, 0.25) is 5.95 Å². The van der Waals surface area contributed by atoms with Crippen LogP contribution in [0.15, 0.2) is 18.3 Å². The van der Waals surface area contributed by atoms with Crippen molar-refractivity contribution >= 4 is 5.91 Å². The second-order valence-corrected chi connectivity index (χ2v) is 2.93. The first-order valence-electron chi connectivity index (χ1n) is 4.16. The van der Waals surface area contributed by atoms with Gasteiger partial charge in [-0.25, -0.2) is 4.98 Å². The molecule has 4 nitrogen and oxygen atoms in total. The first kappa shape index (κ1) is 10.6.